The van der Waals surface area contributed by atoms with Gasteiger partial charge in [-0.3, -0.25) is 0 Å². The third-order valence-corrected chi connectivity index (χ3v) is 1.76. The fraction of sp³-hybridized carbons (Fsp3) is 0.111. The topological polar surface area (TPSA) is 69.1 Å². The van der Waals surface area contributed by atoms with Gasteiger partial charge in [0.25, 0.3) is 0 Å². The largest absolute Gasteiger partial charge is 0.408 e. The summed E-state index contributed by atoms with van der Waals surface area (Å²) in [4.78, 5) is 15.3. The third kappa shape index (κ3) is 1.26. The average Bonchev–Trinajstić information content (AvgIpc) is 2.06. The molecule has 0 spiro atoms. The molecule has 1 aromatic carbocycles. The molecule has 0 aliphatic rings. The van der Waals surface area contributed by atoms with Crippen LogP contribution in [0.15, 0.2) is 27.4 Å². The van der Waals surface area contributed by atoms with Gasteiger partial charge in [-0.1, -0.05) is 0 Å². The van der Waals surface area contributed by atoms with Crippen LogP contribution < -0.4 is 11.4 Å². The highest BCUT2D eigenvalue weighted by Crippen LogP contribution is 2.11. The number of fused-ring (bicyclic) bond motifs is 1. The smallest absolute Gasteiger partial charge is 0.346 e. The summed E-state index contributed by atoms with van der Waals surface area (Å²) in [5.74, 6) is 0.363. The number of hydrogen-bond acceptors (Lipinski definition) is 4. The lowest BCUT2D eigenvalue weighted by atomic mass is 10.2. The summed E-state index contributed by atoms with van der Waals surface area (Å²) in [6.45, 7) is 1.64. The van der Waals surface area contributed by atoms with E-state index in [9.17, 15) is 4.79 Å². The first-order valence-corrected chi connectivity index (χ1v) is 3.84. The van der Waals surface area contributed by atoms with Crippen molar-refractivity contribution in [3.05, 3.63) is 34.5 Å². The zero-order chi connectivity index (χ0) is 9.42. The van der Waals surface area contributed by atoms with Crippen molar-refractivity contribution >= 4 is 16.6 Å². The SMILES string of the molecule is Cc1nc2ccc(N)cc2c(=O)o1. The molecule has 0 saturated carbocycles. The van der Waals surface area contributed by atoms with Crippen LogP contribution in [0.2, 0.25) is 0 Å². The molecule has 0 bridgehead atoms. The Bertz CT molecular complexity index is 516. The maximum Gasteiger partial charge on any atom is 0.346 e. The number of nitrogens with two attached hydrogens (primary N) is 1. The van der Waals surface area contributed by atoms with Crippen molar-refractivity contribution < 1.29 is 4.42 Å². The average molecular weight is 176 g/mol. The summed E-state index contributed by atoms with van der Waals surface area (Å²) in [6.07, 6.45) is 0. The van der Waals surface area contributed by atoms with E-state index in [1.807, 2.05) is 0 Å². The van der Waals surface area contributed by atoms with Crippen LogP contribution in [-0.2, 0) is 0 Å². The number of hydrogen-bond donors (Lipinski definition) is 1. The highest BCUT2D eigenvalue weighted by atomic mass is 16.4. The summed E-state index contributed by atoms with van der Waals surface area (Å²) in [5, 5.41) is 0.422. The van der Waals surface area contributed by atoms with Crippen LogP contribution in [0.1, 0.15) is 5.89 Å². The van der Waals surface area contributed by atoms with Gasteiger partial charge in [-0.2, -0.15) is 0 Å². The Hall–Kier alpha value is -1.84. The second kappa shape index (κ2) is 2.58. The Morgan fingerprint density at radius 1 is 1.46 bits per heavy atom. The predicted octanol–water partition coefficient (Wildman–Crippen LogP) is 1.08. The Morgan fingerprint density at radius 2 is 2.23 bits per heavy atom. The van der Waals surface area contributed by atoms with Crippen LogP contribution in [0.5, 0.6) is 0 Å². The molecule has 0 atom stereocenters. The molecule has 0 aliphatic carbocycles. The first kappa shape index (κ1) is 7.79. The van der Waals surface area contributed by atoms with Gasteiger partial charge in [-0.05, 0) is 18.2 Å². The molecule has 0 radical (unpaired) electrons. The quantitative estimate of drug-likeness (QED) is 0.610. The molecule has 0 unspecified atom stereocenters. The van der Waals surface area contributed by atoms with Gasteiger partial charge >= 0.3 is 5.63 Å². The van der Waals surface area contributed by atoms with E-state index in [4.69, 9.17) is 10.2 Å². The molecule has 0 saturated heterocycles. The molecule has 0 aliphatic heterocycles. The molecule has 0 amide bonds. The minimum atomic E-state index is -0.394. The van der Waals surface area contributed by atoms with Crippen molar-refractivity contribution in [2.45, 2.75) is 6.92 Å². The Balaban J connectivity index is 2.95. The molecular formula is C9H8N2O2. The fourth-order valence-electron chi connectivity index (χ4n) is 1.20. The van der Waals surface area contributed by atoms with E-state index in [2.05, 4.69) is 4.98 Å². The maximum atomic E-state index is 11.3. The maximum absolute atomic E-state index is 11.3. The van der Waals surface area contributed by atoms with Crippen LogP contribution in [-0.4, -0.2) is 4.98 Å². The van der Waals surface area contributed by atoms with E-state index in [0.717, 1.165) is 0 Å². The number of nitrogens with zero attached hydrogens (tertiary/aromatic N) is 1. The van der Waals surface area contributed by atoms with Crippen LogP contribution in [0.4, 0.5) is 5.69 Å². The standard InChI is InChI=1S/C9H8N2O2/c1-5-11-8-3-2-6(10)4-7(8)9(12)13-5/h2-4H,10H2,1H3. The van der Waals surface area contributed by atoms with E-state index in [0.29, 0.717) is 22.5 Å². The monoisotopic (exact) mass is 176 g/mol. The number of benzene rings is 1. The Morgan fingerprint density at radius 3 is 3.00 bits per heavy atom. The zero-order valence-electron chi connectivity index (χ0n) is 7.07. The molecule has 4 nitrogen and oxygen atoms in total. The van der Waals surface area contributed by atoms with Crippen molar-refractivity contribution in [3.63, 3.8) is 0 Å². The molecule has 2 aromatic rings. The van der Waals surface area contributed by atoms with E-state index >= 15 is 0 Å². The van der Waals surface area contributed by atoms with Crippen molar-refractivity contribution in [2.24, 2.45) is 0 Å². The first-order valence-electron chi connectivity index (χ1n) is 3.84. The van der Waals surface area contributed by atoms with Crippen molar-refractivity contribution in [1.82, 2.24) is 4.98 Å². The van der Waals surface area contributed by atoms with Crippen LogP contribution in [0, 0.1) is 6.92 Å². The molecule has 0 fully saturated rings. The number of nitrogen functional groups attached to an aromatic ring is 1. The number of anilines is 1. The van der Waals surface area contributed by atoms with Crippen molar-refractivity contribution in [1.29, 1.82) is 0 Å². The normalized spacial score (nSPS) is 10.5. The summed E-state index contributed by atoms with van der Waals surface area (Å²) < 4.78 is 4.82. The van der Waals surface area contributed by atoms with Gasteiger partial charge < -0.3 is 10.2 Å². The Kier molecular flexibility index (Phi) is 1.55. The lowest BCUT2D eigenvalue weighted by Gasteiger charge is -1.97. The van der Waals surface area contributed by atoms with Crippen molar-refractivity contribution in [3.8, 4) is 0 Å². The van der Waals surface area contributed by atoms with E-state index in [1.165, 1.54) is 0 Å². The lowest BCUT2D eigenvalue weighted by Crippen LogP contribution is -2.03. The number of rotatable bonds is 0. The highest BCUT2D eigenvalue weighted by Gasteiger charge is 2.02. The zero-order valence-corrected chi connectivity index (χ0v) is 7.07. The summed E-state index contributed by atoms with van der Waals surface area (Å²) in [7, 11) is 0. The summed E-state index contributed by atoms with van der Waals surface area (Å²) in [5.41, 5.74) is 6.28. The van der Waals surface area contributed by atoms with Gasteiger partial charge in [0.15, 0.2) is 5.89 Å². The van der Waals surface area contributed by atoms with E-state index in [-0.39, 0.29) is 0 Å². The predicted molar refractivity (Wildman–Crippen MR) is 49.4 cm³/mol. The van der Waals surface area contributed by atoms with Crippen molar-refractivity contribution in [2.75, 3.05) is 5.73 Å². The Labute approximate surface area is 74.0 Å². The van der Waals surface area contributed by atoms with Gasteiger partial charge in [0, 0.05) is 12.6 Å². The number of aromatic nitrogens is 1. The molecular weight excluding hydrogens is 168 g/mol. The second-order valence-corrected chi connectivity index (χ2v) is 2.80. The van der Waals surface area contributed by atoms with Gasteiger partial charge in [-0.15, -0.1) is 0 Å². The minimum Gasteiger partial charge on any atom is -0.408 e. The summed E-state index contributed by atoms with van der Waals surface area (Å²) >= 11 is 0. The molecule has 4 heteroatoms. The molecule has 13 heavy (non-hydrogen) atoms. The molecule has 66 valence electrons. The van der Waals surface area contributed by atoms with E-state index < -0.39 is 5.63 Å². The van der Waals surface area contributed by atoms with E-state index in [1.54, 1.807) is 25.1 Å². The van der Waals surface area contributed by atoms with Crippen LogP contribution in [0.25, 0.3) is 10.9 Å². The third-order valence-electron chi connectivity index (χ3n) is 1.76. The number of aryl methyl sites for hydroxylation is 1. The van der Waals surface area contributed by atoms with Crippen LogP contribution in [0.3, 0.4) is 0 Å². The first-order chi connectivity index (χ1) is 6.16. The fourth-order valence-corrected chi connectivity index (χ4v) is 1.20. The second-order valence-electron chi connectivity index (χ2n) is 2.80. The van der Waals surface area contributed by atoms with Gasteiger partial charge in [0.05, 0.1) is 10.9 Å². The van der Waals surface area contributed by atoms with Gasteiger partial charge in [0.1, 0.15) is 0 Å². The highest BCUT2D eigenvalue weighted by molar-refractivity contribution is 5.80. The molecule has 2 rings (SSSR count). The molecule has 1 aromatic heterocycles. The van der Waals surface area contributed by atoms with Gasteiger partial charge in [-0.25, -0.2) is 9.78 Å². The van der Waals surface area contributed by atoms with Crippen LogP contribution >= 0.6 is 0 Å². The molecule has 1 heterocycles. The molecule has 2 N–H and O–H groups in total. The summed E-state index contributed by atoms with van der Waals surface area (Å²) in [6, 6.07) is 4.97. The minimum absolute atomic E-state index is 0.363. The lowest BCUT2D eigenvalue weighted by molar-refractivity contribution is 0.467. The van der Waals surface area contributed by atoms with Gasteiger partial charge in [0.2, 0.25) is 0 Å².